The Hall–Kier alpha value is -2.80. The molecule has 6 nitrogen and oxygen atoms in total. The molecule has 0 bridgehead atoms. The molecule has 116 valence electrons. The first-order valence-corrected chi connectivity index (χ1v) is 7.44. The molecular weight excluding hydrogens is 312 g/mol. The summed E-state index contributed by atoms with van der Waals surface area (Å²) in [5.41, 5.74) is 1.51. The highest BCUT2D eigenvalue weighted by Crippen LogP contribution is 2.07. The summed E-state index contributed by atoms with van der Waals surface area (Å²) in [5, 5.41) is 6.63. The zero-order chi connectivity index (χ0) is 16.1. The second-order valence-corrected chi connectivity index (χ2v) is 5.27. The van der Waals surface area contributed by atoms with Crippen molar-refractivity contribution >= 4 is 18.1 Å². The molecule has 0 aliphatic heterocycles. The third-order valence-corrected chi connectivity index (χ3v) is 3.52. The van der Waals surface area contributed by atoms with Crippen LogP contribution in [0, 0.1) is 4.64 Å². The first kappa shape index (κ1) is 15.1. The zero-order valence-corrected chi connectivity index (χ0v) is 13.0. The smallest absolute Gasteiger partial charge is 0.254 e. The van der Waals surface area contributed by atoms with Gasteiger partial charge in [0.1, 0.15) is 4.64 Å². The van der Waals surface area contributed by atoms with Crippen LogP contribution in [0.1, 0.15) is 27.6 Å². The molecule has 0 atom stereocenters. The molecule has 0 radical (unpaired) electrons. The Kier molecular flexibility index (Phi) is 4.58. The van der Waals surface area contributed by atoms with Crippen molar-refractivity contribution in [1.29, 1.82) is 0 Å². The van der Waals surface area contributed by atoms with Crippen LogP contribution in [0.25, 0.3) is 0 Å². The summed E-state index contributed by atoms with van der Waals surface area (Å²) in [6.45, 7) is 0.157. The highest BCUT2D eigenvalue weighted by molar-refractivity contribution is 7.71. The molecule has 3 aromatic rings. The summed E-state index contributed by atoms with van der Waals surface area (Å²) in [4.78, 5) is 19.1. The number of carbonyl (C=O) groups is 1. The van der Waals surface area contributed by atoms with Gasteiger partial charge in [-0.25, -0.2) is 0 Å². The lowest BCUT2D eigenvalue weighted by Gasteiger charge is -2.01. The maximum Gasteiger partial charge on any atom is 0.254 e. The van der Waals surface area contributed by atoms with Gasteiger partial charge < -0.3 is 14.8 Å². The lowest BCUT2D eigenvalue weighted by Crippen LogP contribution is -2.23. The minimum atomic E-state index is -0.283. The van der Waals surface area contributed by atoms with E-state index in [4.69, 9.17) is 16.7 Å². The number of nitrogens with zero attached hydrogens (tertiary/aromatic N) is 2. The van der Waals surface area contributed by atoms with Crippen molar-refractivity contribution < 1.29 is 9.32 Å². The second-order valence-electron chi connectivity index (χ2n) is 4.86. The maximum atomic E-state index is 12.0. The van der Waals surface area contributed by atoms with Crippen LogP contribution in [-0.4, -0.2) is 21.0 Å². The number of benzene rings is 1. The molecule has 23 heavy (non-hydrogen) atoms. The van der Waals surface area contributed by atoms with Crippen molar-refractivity contribution in [2.75, 3.05) is 0 Å². The van der Waals surface area contributed by atoms with Gasteiger partial charge >= 0.3 is 0 Å². The first-order valence-electron chi connectivity index (χ1n) is 7.03. The van der Waals surface area contributed by atoms with Crippen LogP contribution in [0.3, 0.4) is 0 Å². The van der Waals surface area contributed by atoms with Crippen molar-refractivity contribution in [3.63, 3.8) is 0 Å². The second kappa shape index (κ2) is 6.97. The van der Waals surface area contributed by atoms with E-state index in [0.29, 0.717) is 28.3 Å². The van der Waals surface area contributed by atoms with E-state index in [9.17, 15) is 4.79 Å². The first-order chi connectivity index (χ1) is 11.2. The maximum absolute atomic E-state index is 12.0. The molecule has 0 spiro atoms. The van der Waals surface area contributed by atoms with Crippen LogP contribution < -0.4 is 5.32 Å². The number of aromatic amines is 1. The summed E-state index contributed by atoms with van der Waals surface area (Å²) in [6, 6.07) is 13.2. The molecule has 0 aliphatic carbocycles. The third-order valence-electron chi connectivity index (χ3n) is 3.18. The van der Waals surface area contributed by atoms with Gasteiger partial charge in [-0.2, -0.15) is 4.98 Å². The molecule has 1 aromatic carbocycles. The van der Waals surface area contributed by atoms with Gasteiger partial charge in [-0.15, -0.1) is 0 Å². The monoisotopic (exact) mass is 326 g/mol. The Morgan fingerprint density at radius 1 is 1.22 bits per heavy atom. The quantitative estimate of drug-likeness (QED) is 0.704. The minimum Gasteiger partial charge on any atom is -0.352 e. The average Bonchev–Trinajstić information content (AvgIpc) is 3.01. The van der Waals surface area contributed by atoms with E-state index >= 15 is 0 Å². The van der Waals surface area contributed by atoms with Gasteiger partial charge in [-0.3, -0.25) is 4.79 Å². The Bertz CT molecular complexity index is 858. The van der Waals surface area contributed by atoms with Crippen LogP contribution in [-0.2, 0) is 13.0 Å². The Balaban J connectivity index is 1.60. The van der Waals surface area contributed by atoms with Gasteiger partial charge in [0.2, 0.25) is 5.89 Å². The van der Waals surface area contributed by atoms with Gasteiger partial charge in [0.25, 0.3) is 5.91 Å². The van der Waals surface area contributed by atoms with E-state index in [1.54, 1.807) is 18.3 Å². The molecule has 2 heterocycles. The number of amides is 1. The summed E-state index contributed by atoms with van der Waals surface area (Å²) >= 11 is 5.07. The number of carbonyl (C=O) groups excluding carboxylic acids is 1. The number of hydrogen-bond donors (Lipinski definition) is 2. The third kappa shape index (κ3) is 3.89. The average molecular weight is 326 g/mol. The van der Waals surface area contributed by atoms with Crippen molar-refractivity contribution in [3.8, 4) is 0 Å². The van der Waals surface area contributed by atoms with Crippen LogP contribution in [0.15, 0.2) is 53.2 Å². The molecule has 0 unspecified atom stereocenters. The molecule has 2 N–H and O–H groups in total. The molecule has 7 heteroatoms. The van der Waals surface area contributed by atoms with E-state index in [2.05, 4.69) is 20.4 Å². The summed E-state index contributed by atoms with van der Waals surface area (Å²) in [7, 11) is 0. The summed E-state index contributed by atoms with van der Waals surface area (Å²) < 4.78 is 5.53. The highest BCUT2D eigenvalue weighted by atomic mass is 32.1. The predicted octanol–water partition coefficient (Wildman–Crippen LogP) is 2.65. The van der Waals surface area contributed by atoms with Gasteiger partial charge in [0.05, 0.1) is 12.1 Å². The fourth-order valence-corrected chi connectivity index (χ4v) is 2.29. The number of rotatable bonds is 5. The normalized spacial score (nSPS) is 10.4. The molecule has 0 fully saturated rings. The van der Waals surface area contributed by atoms with Crippen LogP contribution in [0.4, 0.5) is 0 Å². The van der Waals surface area contributed by atoms with Gasteiger partial charge in [0, 0.05) is 12.6 Å². The molecular formula is C16H14N4O2S. The van der Waals surface area contributed by atoms with E-state index in [1.807, 2.05) is 30.3 Å². The van der Waals surface area contributed by atoms with Crippen molar-refractivity contribution in [3.05, 3.63) is 76.1 Å². The molecule has 0 aliphatic rings. The van der Waals surface area contributed by atoms with E-state index in [1.165, 1.54) is 0 Å². The van der Waals surface area contributed by atoms with Crippen LogP contribution in [0.2, 0.25) is 0 Å². The predicted molar refractivity (Wildman–Crippen MR) is 86.3 cm³/mol. The number of aromatic nitrogens is 3. The fraction of sp³-hybridized carbons (Fsp3) is 0.125. The lowest BCUT2D eigenvalue weighted by molar-refractivity contribution is 0.0945. The van der Waals surface area contributed by atoms with E-state index in [-0.39, 0.29) is 12.5 Å². The highest BCUT2D eigenvalue weighted by Gasteiger charge is 2.11. The Morgan fingerprint density at radius 2 is 2.04 bits per heavy atom. The molecule has 0 saturated heterocycles. The molecule has 3 rings (SSSR count). The van der Waals surface area contributed by atoms with Crippen molar-refractivity contribution in [2.24, 2.45) is 0 Å². The standard InChI is InChI=1S/C16H14N4O2S/c21-15(12-7-4-8-17-16(12)23)18-10-14-19-13(20-22-14)9-11-5-2-1-3-6-11/h1-8H,9-10H2,(H,17,23)(H,18,21). The van der Waals surface area contributed by atoms with Gasteiger partial charge in [-0.1, -0.05) is 47.7 Å². The van der Waals surface area contributed by atoms with Crippen molar-refractivity contribution in [1.82, 2.24) is 20.4 Å². The minimum absolute atomic E-state index is 0.157. The number of nitrogens with one attached hydrogen (secondary N) is 2. The van der Waals surface area contributed by atoms with Gasteiger partial charge in [0.15, 0.2) is 5.82 Å². The summed E-state index contributed by atoms with van der Waals surface area (Å²) in [5.74, 6) is 0.655. The number of pyridine rings is 1. The largest absolute Gasteiger partial charge is 0.352 e. The zero-order valence-electron chi connectivity index (χ0n) is 12.2. The molecule has 1 amide bonds. The summed E-state index contributed by atoms with van der Waals surface area (Å²) in [6.07, 6.45) is 2.26. The topological polar surface area (TPSA) is 83.8 Å². The van der Waals surface area contributed by atoms with E-state index in [0.717, 1.165) is 5.56 Å². The van der Waals surface area contributed by atoms with Crippen LogP contribution in [0.5, 0.6) is 0 Å². The Morgan fingerprint density at radius 3 is 2.83 bits per heavy atom. The number of hydrogen-bond acceptors (Lipinski definition) is 5. The lowest BCUT2D eigenvalue weighted by atomic mass is 10.1. The SMILES string of the molecule is O=C(NCc1nc(Cc2ccccc2)no1)c1ccc[nH]c1=S. The fourth-order valence-electron chi connectivity index (χ4n) is 2.06. The number of H-pyrrole nitrogens is 1. The van der Waals surface area contributed by atoms with Gasteiger partial charge in [-0.05, 0) is 17.7 Å². The molecule has 0 saturated carbocycles. The van der Waals surface area contributed by atoms with Crippen molar-refractivity contribution in [2.45, 2.75) is 13.0 Å². The van der Waals surface area contributed by atoms with Crippen LogP contribution >= 0.6 is 12.2 Å². The Labute approximate surface area is 137 Å². The molecule has 2 aromatic heterocycles. The van der Waals surface area contributed by atoms with E-state index < -0.39 is 0 Å².